The molecular weight excluding hydrogens is 208 g/mol. The second-order valence-electron chi connectivity index (χ2n) is 4.07. The van der Waals surface area contributed by atoms with Crippen LogP contribution in [0.25, 0.3) is 11.8 Å². The molecule has 0 saturated heterocycles. The summed E-state index contributed by atoms with van der Waals surface area (Å²) in [6.45, 7) is 0. The summed E-state index contributed by atoms with van der Waals surface area (Å²) in [4.78, 5) is 6.16. The fourth-order valence-electron chi connectivity index (χ4n) is 1.70. The van der Waals surface area contributed by atoms with E-state index in [-0.39, 0.29) is 0 Å². The lowest BCUT2D eigenvalue weighted by Gasteiger charge is -2.17. The first kappa shape index (κ1) is 11.4. The number of aromatic nitrogens is 1. The van der Waals surface area contributed by atoms with Crippen LogP contribution in [0.3, 0.4) is 0 Å². The normalized spacial score (nSPS) is 11.3. The van der Waals surface area contributed by atoms with Gasteiger partial charge in [-0.05, 0) is 23.8 Å². The Balaban J connectivity index is 2.40. The van der Waals surface area contributed by atoms with Gasteiger partial charge in [0.15, 0.2) is 0 Å². The smallest absolute Gasteiger partial charge is 0.0441 e. The molecule has 0 aliphatic carbocycles. The van der Waals surface area contributed by atoms with Crippen LogP contribution in [0.15, 0.2) is 54.9 Å². The van der Waals surface area contributed by atoms with Crippen molar-refractivity contribution < 1.29 is 0 Å². The van der Waals surface area contributed by atoms with E-state index in [1.165, 1.54) is 16.8 Å². The highest BCUT2D eigenvalue weighted by molar-refractivity contribution is 5.79. The molecule has 0 atom stereocenters. The lowest BCUT2D eigenvalue weighted by Crippen LogP contribution is -2.09. The molecule has 86 valence electrons. The molecule has 0 radical (unpaired) electrons. The maximum Gasteiger partial charge on any atom is 0.0441 e. The predicted molar refractivity (Wildman–Crippen MR) is 72.2 cm³/mol. The van der Waals surface area contributed by atoms with Crippen molar-refractivity contribution in [2.75, 3.05) is 14.1 Å². The van der Waals surface area contributed by atoms with Crippen molar-refractivity contribution in [1.29, 1.82) is 0 Å². The van der Waals surface area contributed by atoms with E-state index < -0.39 is 0 Å². The lowest BCUT2D eigenvalue weighted by atomic mass is 10.1. The number of benzene rings is 1. The Bertz CT molecular complexity index is 487. The van der Waals surface area contributed by atoms with E-state index in [0.29, 0.717) is 0 Å². The third-order valence-electron chi connectivity index (χ3n) is 2.56. The molecular formula is C15H16N2. The monoisotopic (exact) mass is 224 g/mol. The molecule has 2 rings (SSSR count). The molecule has 0 amide bonds. The first-order valence-electron chi connectivity index (χ1n) is 5.62. The topological polar surface area (TPSA) is 16.1 Å². The highest BCUT2D eigenvalue weighted by Gasteiger charge is 2.03. The third kappa shape index (κ3) is 2.94. The molecule has 2 heteroatoms. The molecule has 0 saturated carbocycles. The van der Waals surface area contributed by atoms with Crippen LogP contribution >= 0.6 is 0 Å². The summed E-state index contributed by atoms with van der Waals surface area (Å²) in [5, 5.41) is 0. The Hall–Kier alpha value is -2.09. The quantitative estimate of drug-likeness (QED) is 0.796. The van der Waals surface area contributed by atoms with E-state index in [1.54, 1.807) is 0 Å². The molecule has 0 fully saturated rings. The molecule has 2 nitrogen and oxygen atoms in total. The molecule has 2 aromatic rings. The minimum Gasteiger partial charge on any atom is -0.377 e. The van der Waals surface area contributed by atoms with Crippen LogP contribution in [-0.4, -0.2) is 24.0 Å². The maximum absolute atomic E-state index is 4.05. The van der Waals surface area contributed by atoms with E-state index in [4.69, 9.17) is 0 Å². The Kier molecular flexibility index (Phi) is 3.55. The van der Waals surface area contributed by atoms with Gasteiger partial charge in [-0.25, -0.2) is 0 Å². The SMILES string of the molecule is CN(C)C(=Cc1ccccc1)c1ccncc1. The minimum absolute atomic E-state index is 1.17. The predicted octanol–water partition coefficient (Wildman–Crippen LogP) is 3.14. The van der Waals surface area contributed by atoms with Crippen molar-refractivity contribution in [2.24, 2.45) is 0 Å². The Labute approximate surface area is 102 Å². The maximum atomic E-state index is 4.05. The van der Waals surface area contributed by atoms with Crippen molar-refractivity contribution in [3.05, 3.63) is 66.0 Å². The molecule has 1 aromatic carbocycles. The number of pyridine rings is 1. The van der Waals surface area contributed by atoms with E-state index in [1.807, 2.05) is 42.7 Å². The molecule has 0 spiro atoms. The molecule has 0 aliphatic heterocycles. The first-order valence-corrected chi connectivity index (χ1v) is 5.62. The fourth-order valence-corrected chi connectivity index (χ4v) is 1.70. The Morgan fingerprint density at radius 3 is 2.24 bits per heavy atom. The average molecular weight is 224 g/mol. The second-order valence-corrected chi connectivity index (χ2v) is 4.07. The van der Waals surface area contributed by atoms with Crippen LogP contribution in [0.4, 0.5) is 0 Å². The Morgan fingerprint density at radius 2 is 1.65 bits per heavy atom. The summed E-state index contributed by atoms with van der Waals surface area (Å²) in [6.07, 6.45) is 5.81. The third-order valence-corrected chi connectivity index (χ3v) is 2.56. The van der Waals surface area contributed by atoms with Crippen LogP contribution in [0.2, 0.25) is 0 Å². The first-order chi connectivity index (χ1) is 8.27. The van der Waals surface area contributed by atoms with Crippen LogP contribution in [0.1, 0.15) is 11.1 Å². The van der Waals surface area contributed by atoms with Gasteiger partial charge in [-0.3, -0.25) is 4.98 Å². The highest BCUT2D eigenvalue weighted by Crippen LogP contribution is 2.19. The summed E-state index contributed by atoms with van der Waals surface area (Å²) >= 11 is 0. The molecule has 0 N–H and O–H groups in total. The van der Waals surface area contributed by atoms with Gasteiger partial charge in [-0.1, -0.05) is 30.3 Å². The van der Waals surface area contributed by atoms with Crippen molar-refractivity contribution in [1.82, 2.24) is 9.88 Å². The van der Waals surface area contributed by atoms with Gasteiger partial charge in [0, 0.05) is 37.7 Å². The van der Waals surface area contributed by atoms with E-state index >= 15 is 0 Å². The summed E-state index contributed by atoms with van der Waals surface area (Å²) in [5.41, 5.74) is 3.56. The molecule has 0 unspecified atom stereocenters. The van der Waals surface area contributed by atoms with E-state index in [0.717, 1.165) is 0 Å². The van der Waals surface area contributed by atoms with E-state index in [9.17, 15) is 0 Å². The van der Waals surface area contributed by atoms with Gasteiger partial charge in [0.05, 0.1) is 0 Å². The molecule has 17 heavy (non-hydrogen) atoms. The van der Waals surface area contributed by atoms with Gasteiger partial charge in [-0.15, -0.1) is 0 Å². The summed E-state index contributed by atoms with van der Waals surface area (Å²) < 4.78 is 0. The zero-order valence-electron chi connectivity index (χ0n) is 10.2. The molecule has 0 bridgehead atoms. The summed E-state index contributed by atoms with van der Waals surface area (Å²) in [6, 6.07) is 14.4. The van der Waals surface area contributed by atoms with Crippen molar-refractivity contribution >= 4 is 11.8 Å². The average Bonchev–Trinajstić information content (AvgIpc) is 2.38. The zero-order valence-corrected chi connectivity index (χ0v) is 10.2. The lowest BCUT2D eigenvalue weighted by molar-refractivity contribution is 0.595. The van der Waals surface area contributed by atoms with E-state index in [2.05, 4.69) is 42.2 Å². The van der Waals surface area contributed by atoms with Gasteiger partial charge >= 0.3 is 0 Å². The van der Waals surface area contributed by atoms with Gasteiger partial charge in [0.1, 0.15) is 0 Å². The largest absolute Gasteiger partial charge is 0.377 e. The zero-order chi connectivity index (χ0) is 12.1. The van der Waals surface area contributed by atoms with Crippen molar-refractivity contribution in [3.63, 3.8) is 0 Å². The Morgan fingerprint density at radius 1 is 1.00 bits per heavy atom. The van der Waals surface area contributed by atoms with Gasteiger partial charge in [-0.2, -0.15) is 0 Å². The highest BCUT2D eigenvalue weighted by atomic mass is 15.1. The summed E-state index contributed by atoms with van der Waals surface area (Å²) in [5.74, 6) is 0. The fraction of sp³-hybridized carbons (Fsp3) is 0.133. The van der Waals surface area contributed by atoms with Crippen molar-refractivity contribution in [2.45, 2.75) is 0 Å². The van der Waals surface area contributed by atoms with Crippen LogP contribution in [0.5, 0.6) is 0 Å². The molecule has 1 aromatic heterocycles. The number of hydrogen-bond acceptors (Lipinski definition) is 2. The minimum atomic E-state index is 1.17. The van der Waals surface area contributed by atoms with Crippen LogP contribution in [0, 0.1) is 0 Å². The number of nitrogens with zero attached hydrogens (tertiary/aromatic N) is 2. The summed E-state index contributed by atoms with van der Waals surface area (Å²) in [7, 11) is 4.10. The second kappa shape index (κ2) is 5.30. The van der Waals surface area contributed by atoms with Gasteiger partial charge in [0.2, 0.25) is 0 Å². The number of rotatable bonds is 3. The van der Waals surface area contributed by atoms with Crippen LogP contribution < -0.4 is 0 Å². The van der Waals surface area contributed by atoms with Crippen LogP contribution in [-0.2, 0) is 0 Å². The van der Waals surface area contributed by atoms with Crippen molar-refractivity contribution in [3.8, 4) is 0 Å². The standard InChI is InChI=1S/C15H16N2/c1-17(2)15(14-8-10-16-11-9-14)12-13-6-4-3-5-7-13/h3-12H,1-2H3. The molecule has 1 heterocycles. The van der Waals surface area contributed by atoms with Gasteiger partial charge in [0.25, 0.3) is 0 Å². The molecule has 0 aliphatic rings. The van der Waals surface area contributed by atoms with Gasteiger partial charge < -0.3 is 4.90 Å². The number of hydrogen-bond donors (Lipinski definition) is 0.